The fraction of sp³-hybridized carbons (Fsp3) is 0.167. The molecule has 11 heavy (non-hydrogen) atoms. The van der Waals surface area contributed by atoms with Crippen LogP contribution in [0.5, 0.6) is 0 Å². The summed E-state index contributed by atoms with van der Waals surface area (Å²) >= 11 is 0. The van der Waals surface area contributed by atoms with Gasteiger partial charge in [-0.1, -0.05) is 0 Å². The van der Waals surface area contributed by atoms with Crippen molar-refractivity contribution in [3.8, 4) is 6.19 Å². The van der Waals surface area contributed by atoms with E-state index >= 15 is 0 Å². The highest BCUT2D eigenvalue weighted by Gasteiger charge is 2.19. The summed E-state index contributed by atoms with van der Waals surface area (Å²) in [5.74, 6) is 0.156. The summed E-state index contributed by atoms with van der Waals surface area (Å²) in [6.07, 6.45) is 5.96. The van der Waals surface area contributed by atoms with Crippen LogP contribution >= 0.6 is 0 Å². The van der Waals surface area contributed by atoms with Crippen molar-refractivity contribution in [1.82, 2.24) is 4.90 Å². The number of carbonyl (C=O) groups excluding carboxylic acids is 1. The van der Waals surface area contributed by atoms with Crippen LogP contribution in [0.3, 0.4) is 0 Å². The van der Waals surface area contributed by atoms with E-state index in [9.17, 15) is 4.79 Å². The summed E-state index contributed by atoms with van der Waals surface area (Å²) in [5.41, 5.74) is 5.33. The van der Waals surface area contributed by atoms with E-state index in [1.165, 1.54) is 12.4 Å². The minimum atomic E-state index is -0.773. The van der Waals surface area contributed by atoms with Gasteiger partial charge in [-0.05, 0) is 0 Å². The zero-order chi connectivity index (χ0) is 8.27. The highest BCUT2D eigenvalue weighted by molar-refractivity contribution is 5.87. The lowest BCUT2D eigenvalue weighted by molar-refractivity contribution is 0.458. The first-order valence-corrected chi connectivity index (χ1v) is 2.85. The van der Waals surface area contributed by atoms with E-state index in [4.69, 9.17) is 11.0 Å². The number of nitrogens with two attached hydrogens (primary N) is 1. The molecule has 0 aromatic carbocycles. The van der Waals surface area contributed by atoms with Gasteiger partial charge in [0.15, 0.2) is 6.19 Å². The van der Waals surface area contributed by atoms with Gasteiger partial charge in [-0.15, -0.1) is 0 Å². The first kappa shape index (κ1) is 7.28. The van der Waals surface area contributed by atoms with Gasteiger partial charge in [0, 0.05) is 6.21 Å². The molecule has 1 aliphatic rings. The Labute approximate surface area is 63.4 Å². The SMILES string of the molecule is N#CN1C(N)=CN=CC1[C]=O. The van der Waals surface area contributed by atoms with Crippen molar-refractivity contribution in [3.05, 3.63) is 12.0 Å². The van der Waals surface area contributed by atoms with Crippen LogP contribution in [0.1, 0.15) is 0 Å². The van der Waals surface area contributed by atoms with Crippen LogP contribution in [-0.2, 0) is 4.79 Å². The third kappa shape index (κ3) is 1.19. The van der Waals surface area contributed by atoms with Gasteiger partial charge in [0.2, 0.25) is 6.29 Å². The van der Waals surface area contributed by atoms with Gasteiger partial charge in [-0.2, -0.15) is 5.26 Å². The normalized spacial score (nSPS) is 22.3. The topological polar surface area (TPSA) is 82.5 Å². The molecule has 1 atom stereocenters. The first-order chi connectivity index (χ1) is 5.29. The molecule has 55 valence electrons. The lowest BCUT2D eigenvalue weighted by Gasteiger charge is -2.19. The van der Waals surface area contributed by atoms with Crippen LogP contribution < -0.4 is 5.73 Å². The fourth-order valence-corrected chi connectivity index (χ4v) is 0.693. The highest BCUT2D eigenvalue weighted by Crippen LogP contribution is 2.04. The molecule has 0 amide bonds. The van der Waals surface area contributed by atoms with Gasteiger partial charge >= 0.3 is 0 Å². The van der Waals surface area contributed by atoms with Gasteiger partial charge in [0.25, 0.3) is 0 Å². The fourth-order valence-electron chi connectivity index (χ4n) is 0.693. The zero-order valence-electron chi connectivity index (χ0n) is 5.56. The summed E-state index contributed by atoms with van der Waals surface area (Å²) in [7, 11) is 0. The molecule has 1 radical (unpaired) electrons. The third-order valence-corrected chi connectivity index (χ3v) is 1.22. The molecule has 0 spiro atoms. The Morgan fingerprint density at radius 2 is 2.55 bits per heavy atom. The zero-order valence-corrected chi connectivity index (χ0v) is 5.56. The Kier molecular flexibility index (Phi) is 1.88. The van der Waals surface area contributed by atoms with Crippen molar-refractivity contribution in [2.75, 3.05) is 0 Å². The molecule has 1 rings (SSSR count). The van der Waals surface area contributed by atoms with Gasteiger partial charge in [0.05, 0.1) is 6.20 Å². The second-order valence-corrected chi connectivity index (χ2v) is 1.88. The number of hydrogen-bond acceptors (Lipinski definition) is 5. The predicted octanol–water partition coefficient (Wildman–Crippen LogP) is -0.910. The van der Waals surface area contributed by atoms with Crippen LogP contribution in [0.25, 0.3) is 0 Å². The molecule has 0 aliphatic carbocycles. The number of nitriles is 1. The monoisotopic (exact) mass is 149 g/mol. The first-order valence-electron chi connectivity index (χ1n) is 2.85. The molecule has 0 bridgehead atoms. The average Bonchev–Trinajstić information content (AvgIpc) is 2.04. The van der Waals surface area contributed by atoms with Crippen molar-refractivity contribution >= 4 is 12.5 Å². The van der Waals surface area contributed by atoms with Crippen molar-refractivity contribution in [2.45, 2.75) is 6.04 Å². The van der Waals surface area contributed by atoms with Crippen LogP contribution in [0.2, 0.25) is 0 Å². The third-order valence-electron chi connectivity index (χ3n) is 1.22. The van der Waals surface area contributed by atoms with E-state index in [2.05, 4.69) is 4.99 Å². The summed E-state index contributed by atoms with van der Waals surface area (Å²) in [5, 5.41) is 8.48. The van der Waals surface area contributed by atoms with Crippen molar-refractivity contribution in [3.63, 3.8) is 0 Å². The molecular weight excluding hydrogens is 144 g/mol. The van der Waals surface area contributed by atoms with E-state index in [-0.39, 0.29) is 5.82 Å². The quantitative estimate of drug-likeness (QED) is 0.489. The van der Waals surface area contributed by atoms with E-state index < -0.39 is 6.04 Å². The molecule has 1 heterocycles. The van der Waals surface area contributed by atoms with E-state index in [0.29, 0.717) is 0 Å². The molecule has 0 saturated carbocycles. The Balaban J connectivity index is 2.89. The van der Waals surface area contributed by atoms with Gasteiger partial charge < -0.3 is 5.73 Å². The molecule has 1 unspecified atom stereocenters. The highest BCUT2D eigenvalue weighted by atomic mass is 16.1. The average molecular weight is 149 g/mol. The lowest BCUT2D eigenvalue weighted by Crippen LogP contribution is -2.37. The molecule has 0 saturated heterocycles. The summed E-state index contributed by atoms with van der Waals surface area (Å²) in [6, 6.07) is -0.773. The van der Waals surface area contributed by atoms with Crippen molar-refractivity contribution < 1.29 is 4.79 Å². The van der Waals surface area contributed by atoms with Crippen LogP contribution in [-0.4, -0.2) is 23.4 Å². The molecule has 5 nitrogen and oxygen atoms in total. The molecular formula is C6H5N4O. The minimum absolute atomic E-state index is 0.156. The Morgan fingerprint density at radius 3 is 3.00 bits per heavy atom. The Hall–Kier alpha value is -1.83. The summed E-state index contributed by atoms with van der Waals surface area (Å²) in [4.78, 5) is 14.9. The van der Waals surface area contributed by atoms with E-state index in [1.807, 2.05) is 0 Å². The number of rotatable bonds is 1. The summed E-state index contributed by atoms with van der Waals surface area (Å²) in [6.45, 7) is 0. The molecule has 5 heteroatoms. The summed E-state index contributed by atoms with van der Waals surface area (Å²) < 4.78 is 0. The van der Waals surface area contributed by atoms with Crippen LogP contribution in [0.15, 0.2) is 17.0 Å². The number of aliphatic imine (C=N–C) groups is 1. The minimum Gasteiger partial charge on any atom is -0.383 e. The van der Waals surface area contributed by atoms with Gasteiger partial charge in [-0.3, -0.25) is 9.79 Å². The molecule has 1 aliphatic heterocycles. The van der Waals surface area contributed by atoms with Crippen LogP contribution in [0, 0.1) is 11.5 Å². The van der Waals surface area contributed by atoms with Crippen molar-refractivity contribution in [2.24, 2.45) is 10.7 Å². The Bertz CT molecular complexity index is 262. The van der Waals surface area contributed by atoms with E-state index in [1.54, 1.807) is 12.5 Å². The Morgan fingerprint density at radius 1 is 1.82 bits per heavy atom. The number of hydrogen-bond donors (Lipinski definition) is 1. The maximum atomic E-state index is 10.2. The molecule has 2 N–H and O–H groups in total. The molecule has 0 aromatic heterocycles. The van der Waals surface area contributed by atoms with E-state index in [0.717, 1.165) is 4.90 Å². The maximum absolute atomic E-state index is 10.2. The molecule has 0 fully saturated rings. The largest absolute Gasteiger partial charge is 0.383 e. The van der Waals surface area contributed by atoms with Crippen LogP contribution in [0.4, 0.5) is 0 Å². The lowest BCUT2D eigenvalue weighted by atomic mass is 10.3. The number of nitrogens with zero attached hydrogens (tertiary/aromatic N) is 3. The van der Waals surface area contributed by atoms with Gasteiger partial charge in [0.1, 0.15) is 11.9 Å². The van der Waals surface area contributed by atoms with Gasteiger partial charge in [-0.25, -0.2) is 4.90 Å². The maximum Gasteiger partial charge on any atom is 0.230 e. The van der Waals surface area contributed by atoms with Crippen molar-refractivity contribution in [1.29, 1.82) is 5.26 Å². The smallest absolute Gasteiger partial charge is 0.230 e. The predicted molar refractivity (Wildman–Crippen MR) is 37.7 cm³/mol. The molecule has 0 aromatic rings. The standard InChI is InChI=1S/C6H5N4O/c7-4-10-5(3-11)1-9-2-6(10)8/h1-2,5H,8H2. The second-order valence-electron chi connectivity index (χ2n) is 1.88. The second kappa shape index (κ2) is 2.84.